The SMILES string of the molecule is COc1cc([N+](=O)[O-])ccc1NC(=S)Nc1ccc2ccccc2c1. The molecule has 0 aromatic heterocycles. The number of rotatable bonds is 4. The Hall–Kier alpha value is -3.19. The summed E-state index contributed by atoms with van der Waals surface area (Å²) in [4.78, 5) is 10.4. The van der Waals surface area contributed by atoms with Crippen LogP contribution in [0.2, 0.25) is 0 Å². The molecule has 0 aliphatic carbocycles. The van der Waals surface area contributed by atoms with Crippen LogP contribution in [0.1, 0.15) is 0 Å². The van der Waals surface area contributed by atoms with Crippen molar-refractivity contribution in [3.05, 3.63) is 70.8 Å². The number of non-ortho nitro benzene ring substituents is 1. The van der Waals surface area contributed by atoms with Crippen LogP contribution in [0.4, 0.5) is 17.1 Å². The number of hydrogen-bond donors (Lipinski definition) is 2. The van der Waals surface area contributed by atoms with E-state index >= 15 is 0 Å². The van der Waals surface area contributed by atoms with Gasteiger partial charge in [-0.1, -0.05) is 30.3 Å². The van der Waals surface area contributed by atoms with E-state index in [0.717, 1.165) is 16.5 Å². The van der Waals surface area contributed by atoms with Crippen LogP contribution < -0.4 is 15.4 Å². The number of nitro groups is 1. The third-order valence-corrected chi connectivity index (χ3v) is 3.86. The van der Waals surface area contributed by atoms with Crippen LogP contribution in [-0.4, -0.2) is 17.1 Å². The van der Waals surface area contributed by atoms with Crippen LogP contribution >= 0.6 is 12.2 Å². The van der Waals surface area contributed by atoms with Gasteiger partial charge in [0.2, 0.25) is 0 Å². The lowest BCUT2D eigenvalue weighted by Gasteiger charge is -2.13. The third kappa shape index (κ3) is 3.84. The van der Waals surface area contributed by atoms with E-state index < -0.39 is 4.92 Å². The first-order valence-electron chi connectivity index (χ1n) is 7.46. The van der Waals surface area contributed by atoms with Gasteiger partial charge in [0, 0.05) is 11.8 Å². The molecule has 7 heteroatoms. The van der Waals surface area contributed by atoms with Crippen molar-refractivity contribution in [1.29, 1.82) is 0 Å². The number of thiocarbonyl (C=S) groups is 1. The van der Waals surface area contributed by atoms with Crippen molar-refractivity contribution in [1.82, 2.24) is 0 Å². The number of benzene rings is 3. The summed E-state index contributed by atoms with van der Waals surface area (Å²) < 4.78 is 5.19. The fraction of sp³-hybridized carbons (Fsp3) is 0.0556. The zero-order chi connectivity index (χ0) is 17.8. The Bertz CT molecular complexity index is 959. The maximum Gasteiger partial charge on any atom is 0.273 e. The van der Waals surface area contributed by atoms with Gasteiger partial charge in [-0.2, -0.15) is 0 Å². The molecule has 0 amide bonds. The zero-order valence-corrected chi connectivity index (χ0v) is 14.2. The summed E-state index contributed by atoms with van der Waals surface area (Å²) in [6, 6.07) is 18.3. The summed E-state index contributed by atoms with van der Waals surface area (Å²) >= 11 is 5.32. The lowest BCUT2D eigenvalue weighted by atomic mass is 10.1. The number of nitrogens with zero attached hydrogens (tertiary/aromatic N) is 1. The Labute approximate surface area is 149 Å². The number of anilines is 2. The van der Waals surface area contributed by atoms with Gasteiger partial charge in [-0.3, -0.25) is 10.1 Å². The topological polar surface area (TPSA) is 76.4 Å². The number of nitro benzene ring substituents is 1. The Morgan fingerprint density at radius 3 is 2.52 bits per heavy atom. The molecule has 0 saturated carbocycles. The molecule has 6 nitrogen and oxygen atoms in total. The summed E-state index contributed by atoms with van der Waals surface area (Å²) in [7, 11) is 1.45. The molecule has 126 valence electrons. The number of ether oxygens (including phenoxy) is 1. The summed E-state index contributed by atoms with van der Waals surface area (Å²) in [5.74, 6) is 0.344. The van der Waals surface area contributed by atoms with E-state index in [-0.39, 0.29) is 5.69 Å². The van der Waals surface area contributed by atoms with Crippen molar-refractivity contribution in [3.63, 3.8) is 0 Å². The second-order valence-electron chi connectivity index (χ2n) is 5.28. The van der Waals surface area contributed by atoms with E-state index in [1.165, 1.54) is 19.2 Å². The molecule has 0 heterocycles. The average molecular weight is 353 g/mol. The lowest BCUT2D eigenvalue weighted by Crippen LogP contribution is -2.19. The summed E-state index contributed by atoms with van der Waals surface area (Å²) in [6.45, 7) is 0. The minimum Gasteiger partial charge on any atom is -0.494 e. The van der Waals surface area contributed by atoms with Crippen molar-refractivity contribution in [2.75, 3.05) is 17.7 Å². The van der Waals surface area contributed by atoms with Crippen LogP contribution in [0.25, 0.3) is 10.8 Å². The number of fused-ring (bicyclic) bond motifs is 1. The van der Waals surface area contributed by atoms with Crippen LogP contribution in [0.3, 0.4) is 0 Å². The van der Waals surface area contributed by atoms with Crippen molar-refractivity contribution in [3.8, 4) is 5.75 Å². The molecule has 0 spiro atoms. The molecule has 0 bridgehead atoms. The van der Waals surface area contributed by atoms with Gasteiger partial charge >= 0.3 is 0 Å². The summed E-state index contributed by atoms with van der Waals surface area (Å²) in [5, 5.41) is 19.5. The largest absolute Gasteiger partial charge is 0.494 e. The quantitative estimate of drug-likeness (QED) is 0.407. The molecule has 0 unspecified atom stereocenters. The van der Waals surface area contributed by atoms with Crippen LogP contribution in [0, 0.1) is 10.1 Å². The van der Waals surface area contributed by atoms with E-state index in [1.807, 2.05) is 42.5 Å². The lowest BCUT2D eigenvalue weighted by molar-refractivity contribution is -0.384. The van der Waals surface area contributed by atoms with E-state index in [4.69, 9.17) is 17.0 Å². The molecule has 25 heavy (non-hydrogen) atoms. The molecule has 0 saturated heterocycles. The van der Waals surface area contributed by atoms with Gasteiger partial charge < -0.3 is 15.4 Å². The van der Waals surface area contributed by atoms with Crippen molar-refractivity contribution >= 4 is 45.2 Å². The smallest absolute Gasteiger partial charge is 0.273 e. The Kier molecular flexibility index (Phi) is 4.76. The summed E-state index contributed by atoms with van der Waals surface area (Å²) in [6.07, 6.45) is 0. The first kappa shape index (κ1) is 16.7. The second-order valence-corrected chi connectivity index (χ2v) is 5.69. The van der Waals surface area contributed by atoms with Gasteiger partial charge in [-0.25, -0.2) is 0 Å². The fourth-order valence-electron chi connectivity index (χ4n) is 2.45. The minimum absolute atomic E-state index is 0.0455. The zero-order valence-electron chi connectivity index (χ0n) is 13.4. The molecular formula is C18H15N3O3S. The average Bonchev–Trinajstić information content (AvgIpc) is 2.61. The highest BCUT2D eigenvalue weighted by Gasteiger charge is 2.12. The number of methoxy groups -OCH3 is 1. The van der Waals surface area contributed by atoms with Gasteiger partial charge in [0.15, 0.2) is 5.11 Å². The standard InChI is InChI=1S/C18H15N3O3S/c1-24-17-11-15(21(22)23)8-9-16(17)20-18(25)19-14-7-6-12-4-2-3-5-13(12)10-14/h2-11H,1H3,(H2,19,20,25). The Morgan fingerprint density at radius 1 is 1.04 bits per heavy atom. The van der Waals surface area contributed by atoms with Crippen LogP contribution in [0.15, 0.2) is 60.7 Å². The maximum atomic E-state index is 10.8. The molecule has 0 aliphatic rings. The molecule has 0 radical (unpaired) electrons. The van der Waals surface area contributed by atoms with Gasteiger partial charge in [0.1, 0.15) is 5.75 Å². The van der Waals surface area contributed by atoms with Crippen LogP contribution in [-0.2, 0) is 0 Å². The van der Waals surface area contributed by atoms with E-state index in [0.29, 0.717) is 16.5 Å². The second kappa shape index (κ2) is 7.14. The van der Waals surface area contributed by atoms with E-state index in [9.17, 15) is 10.1 Å². The minimum atomic E-state index is -0.474. The Balaban J connectivity index is 1.76. The van der Waals surface area contributed by atoms with Gasteiger partial charge in [-0.05, 0) is 41.2 Å². The van der Waals surface area contributed by atoms with E-state index in [2.05, 4.69) is 10.6 Å². The normalized spacial score (nSPS) is 10.3. The van der Waals surface area contributed by atoms with E-state index in [1.54, 1.807) is 6.07 Å². The first-order valence-corrected chi connectivity index (χ1v) is 7.87. The number of hydrogen-bond acceptors (Lipinski definition) is 4. The molecule has 3 aromatic rings. The Morgan fingerprint density at radius 2 is 1.80 bits per heavy atom. The van der Waals surface area contributed by atoms with Crippen LogP contribution in [0.5, 0.6) is 5.75 Å². The predicted molar refractivity (Wildman–Crippen MR) is 103 cm³/mol. The molecule has 2 N–H and O–H groups in total. The monoisotopic (exact) mass is 353 g/mol. The van der Waals surface area contributed by atoms with Gasteiger partial charge in [0.05, 0.1) is 23.8 Å². The first-order chi connectivity index (χ1) is 12.1. The molecular weight excluding hydrogens is 338 g/mol. The highest BCUT2D eigenvalue weighted by atomic mass is 32.1. The number of nitrogens with one attached hydrogen (secondary N) is 2. The highest BCUT2D eigenvalue weighted by molar-refractivity contribution is 7.80. The summed E-state index contributed by atoms with van der Waals surface area (Å²) in [5.41, 5.74) is 1.35. The van der Waals surface area contributed by atoms with Crippen molar-refractivity contribution < 1.29 is 9.66 Å². The van der Waals surface area contributed by atoms with Gasteiger partial charge in [0.25, 0.3) is 5.69 Å². The van der Waals surface area contributed by atoms with Crippen molar-refractivity contribution in [2.45, 2.75) is 0 Å². The molecule has 3 rings (SSSR count). The molecule has 3 aromatic carbocycles. The molecule has 0 fully saturated rings. The van der Waals surface area contributed by atoms with Crippen molar-refractivity contribution in [2.24, 2.45) is 0 Å². The highest BCUT2D eigenvalue weighted by Crippen LogP contribution is 2.29. The predicted octanol–water partition coefficient (Wildman–Crippen LogP) is 4.57. The molecule has 0 aliphatic heterocycles. The third-order valence-electron chi connectivity index (χ3n) is 3.65. The fourth-order valence-corrected chi connectivity index (χ4v) is 2.68. The van der Waals surface area contributed by atoms with Gasteiger partial charge in [-0.15, -0.1) is 0 Å². The maximum absolute atomic E-state index is 10.8. The molecule has 0 atom stereocenters.